The molecule has 1 heterocycles. The van der Waals surface area contributed by atoms with E-state index in [2.05, 4.69) is 16.7 Å². The van der Waals surface area contributed by atoms with Gasteiger partial charge in [0.25, 0.3) is 0 Å². The van der Waals surface area contributed by atoms with Crippen molar-refractivity contribution in [3.05, 3.63) is 96.1 Å². The monoisotopic (exact) mass is 358 g/mol. The van der Waals surface area contributed by atoms with Gasteiger partial charge in [-0.05, 0) is 17.7 Å². The fraction of sp³-hybridized carbons (Fsp3) is 0.0556. The van der Waals surface area contributed by atoms with Crippen LogP contribution in [0.4, 0.5) is 0 Å². The summed E-state index contributed by atoms with van der Waals surface area (Å²) in [7, 11) is 0. The van der Waals surface area contributed by atoms with Crippen molar-refractivity contribution in [2.45, 2.75) is 6.54 Å². The van der Waals surface area contributed by atoms with Crippen LogP contribution in [0.3, 0.4) is 0 Å². The highest BCUT2D eigenvalue weighted by Crippen LogP contribution is 2.51. The third-order valence-electron chi connectivity index (χ3n) is 3.42. The van der Waals surface area contributed by atoms with Crippen molar-refractivity contribution in [3.63, 3.8) is 0 Å². The fourth-order valence-corrected chi connectivity index (χ4v) is 4.56. The van der Waals surface area contributed by atoms with Gasteiger partial charge in [0, 0.05) is 18.0 Å². The van der Waals surface area contributed by atoms with Gasteiger partial charge in [-0.25, -0.2) is 4.76 Å². The molecule has 1 aromatic heterocycles. The van der Waals surface area contributed by atoms with E-state index in [4.69, 9.17) is 27.8 Å². The molecule has 3 rings (SSSR count). The van der Waals surface area contributed by atoms with Crippen molar-refractivity contribution in [2.24, 2.45) is 4.76 Å². The number of rotatable bonds is 4. The molecule has 0 radical (unpaired) electrons. The highest BCUT2D eigenvalue weighted by molar-refractivity contribution is 8.29. The van der Waals surface area contributed by atoms with Crippen LogP contribution in [0.1, 0.15) is 5.56 Å². The largest absolute Gasteiger partial charge is 0.329 e. The first-order valence-electron chi connectivity index (χ1n) is 7.26. The summed E-state index contributed by atoms with van der Waals surface area (Å²) in [5.41, 5.74) is -0.474. The Morgan fingerprint density at radius 1 is 0.870 bits per heavy atom. The van der Waals surface area contributed by atoms with E-state index >= 15 is 0 Å². The minimum atomic E-state index is -2.49. The predicted molar refractivity (Wildman–Crippen MR) is 102 cm³/mol. The molecule has 0 aliphatic carbocycles. The summed E-state index contributed by atoms with van der Waals surface area (Å²) in [6.45, 7) is 0.738. The molecule has 23 heavy (non-hydrogen) atoms. The standard InChI is InChI=1S/C18H16ClN2PS/c19-22(23,17-11-5-2-6-12-17)20-18-13-7-8-14-21(18)15-16-9-3-1-4-10-16/h1-14H,15H2/b20-18+. The Balaban J connectivity index is 2.02. The van der Waals surface area contributed by atoms with Crippen molar-refractivity contribution in [1.29, 1.82) is 0 Å². The Kier molecular flexibility index (Phi) is 5.12. The zero-order valence-corrected chi connectivity index (χ0v) is 14.9. The lowest BCUT2D eigenvalue weighted by Gasteiger charge is -2.12. The second-order valence-corrected chi connectivity index (χ2v) is 10.5. The number of pyridine rings is 1. The van der Waals surface area contributed by atoms with Gasteiger partial charge in [-0.15, -0.1) is 0 Å². The number of benzene rings is 2. The van der Waals surface area contributed by atoms with Crippen LogP contribution in [0.2, 0.25) is 0 Å². The van der Waals surface area contributed by atoms with Crippen molar-refractivity contribution >= 4 is 33.9 Å². The zero-order valence-electron chi connectivity index (χ0n) is 12.4. The zero-order chi connectivity index (χ0) is 16.1. The first-order valence-corrected chi connectivity index (χ1v) is 10.9. The van der Waals surface area contributed by atoms with Gasteiger partial charge < -0.3 is 4.57 Å². The highest BCUT2D eigenvalue weighted by atomic mass is 35.7. The molecule has 1 atom stereocenters. The van der Waals surface area contributed by atoms with Gasteiger partial charge in [0.2, 0.25) is 0 Å². The Morgan fingerprint density at radius 2 is 1.48 bits per heavy atom. The SMILES string of the molecule is S=P(Cl)(/N=c1\ccccn1Cc1ccccc1)c1ccccc1. The fourth-order valence-electron chi connectivity index (χ4n) is 2.27. The van der Waals surface area contributed by atoms with E-state index in [1.54, 1.807) is 0 Å². The molecule has 0 bridgehead atoms. The maximum atomic E-state index is 6.62. The molecule has 0 N–H and O–H groups in total. The normalized spacial score (nSPS) is 14.4. The molecule has 0 amide bonds. The Hall–Kier alpha value is -1.67. The van der Waals surface area contributed by atoms with E-state index in [0.29, 0.717) is 0 Å². The minimum Gasteiger partial charge on any atom is -0.329 e. The maximum Gasteiger partial charge on any atom is 0.169 e. The quantitative estimate of drug-likeness (QED) is 0.635. The van der Waals surface area contributed by atoms with E-state index in [1.165, 1.54) is 5.56 Å². The summed E-state index contributed by atoms with van der Waals surface area (Å²) in [6, 6.07) is 25.9. The van der Waals surface area contributed by atoms with Gasteiger partial charge in [0.15, 0.2) is 5.54 Å². The lowest BCUT2D eigenvalue weighted by atomic mass is 10.2. The Labute approximate surface area is 146 Å². The topological polar surface area (TPSA) is 17.3 Å². The van der Waals surface area contributed by atoms with Gasteiger partial charge in [-0.1, -0.05) is 89.8 Å². The van der Waals surface area contributed by atoms with Crippen LogP contribution in [-0.4, -0.2) is 4.57 Å². The first kappa shape index (κ1) is 16.2. The molecule has 0 spiro atoms. The molecular weight excluding hydrogens is 343 g/mol. The van der Waals surface area contributed by atoms with Gasteiger partial charge in [-0.2, -0.15) is 0 Å². The number of halogens is 1. The van der Waals surface area contributed by atoms with Crippen LogP contribution >= 0.6 is 16.8 Å². The van der Waals surface area contributed by atoms with Crippen molar-refractivity contribution in [3.8, 4) is 0 Å². The van der Waals surface area contributed by atoms with Gasteiger partial charge in [0.1, 0.15) is 5.49 Å². The second kappa shape index (κ2) is 7.27. The van der Waals surface area contributed by atoms with Crippen molar-refractivity contribution in [1.82, 2.24) is 4.57 Å². The molecular formula is C18H16ClN2PS. The average molecular weight is 359 g/mol. The van der Waals surface area contributed by atoms with Crippen LogP contribution < -0.4 is 10.8 Å². The molecule has 0 saturated carbocycles. The molecule has 3 aromatic rings. The summed E-state index contributed by atoms with van der Waals surface area (Å²) in [6.07, 6.45) is 2.00. The third kappa shape index (κ3) is 4.20. The molecule has 0 saturated heterocycles. The Morgan fingerprint density at radius 3 is 2.17 bits per heavy atom. The number of hydrogen-bond acceptors (Lipinski definition) is 1. The summed E-state index contributed by atoms with van der Waals surface area (Å²) < 4.78 is 6.78. The maximum absolute atomic E-state index is 6.62. The molecule has 0 aliphatic heterocycles. The van der Waals surface area contributed by atoms with E-state index in [0.717, 1.165) is 17.3 Å². The highest BCUT2D eigenvalue weighted by Gasteiger charge is 2.14. The predicted octanol–water partition coefficient (Wildman–Crippen LogP) is 4.31. The summed E-state index contributed by atoms with van der Waals surface area (Å²) in [5, 5.41) is 0.909. The number of nitrogens with zero attached hydrogens (tertiary/aromatic N) is 2. The van der Waals surface area contributed by atoms with Gasteiger partial charge >= 0.3 is 0 Å². The van der Waals surface area contributed by atoms with E-state index in [-0.39, 0.29) is 0 Å². The van der Waals surface area contributed by atoms with Gasteiger partial charge in [-0.3, -0.25) is 0 Å². The summed E-state index contributed by atoms with van der Waals surface area (Å²) in [4.78, 5) is 0. The van der Waals surface area contributed by atoms with E-state index in [1.807, 2.05) is 72.9 Å². The van der Waals surface area contributed by atoms with Crippen LogP contribution in [0, 0.1) is 0 Å². The molecule has 2 aromatic carbocycles. The lowest BCUT2D eigenvalue weighted by Crippen LogP contribution is -2.20. The van der Waals surface area contributed by atoms with Crippen LogP contribution in [0.5, 0.6) is 0 Å². The molecule has 0 aliphatic rings. The molecule has 0 fully saturated rings. The molecule has 2 nitrogen and oxygen atoms in total. The molecule has 1 unspecified atom stereocenters. The summed E-state index contributed by atoms with van der Waals surface area (Å²) in [5.74, 6) is 0. The minimum absolute atomic E-state index is 0.738. The van der Waals surface area contributed by atoms with Crippen molar-refractivity contribution < 1.29 is 0 Å². The van der Waals surface area contributed by atoms with Crippen LogP contribution in [-0.2, 0) is 18.4 Å². The smallest absolute Gasteiger partial charge is 0.169 e. The first-order chi connectivity index (χ1) is 11.1. The Bertz CT molecular complexity index is 891. The second-order valence-electron chi connectivity index (χ2n) is 5.11. The molecule has 116 valence electrons. The van der Waals surface area contributed by atoms with Gasteiger partial charge in [0.05, 0.1) is 0 Å². The van der Waals surface area contributed by atoms with Crippen LogP contribution in [0.15, 0.2) is 89.8 Å². The van der Waals surface area contributed by atoms with E-state index in [9.17, 15) is 0 Å². The summed E-state index contributed by atoms with van der Waals surface area (Å²) >= 11 is 12.2. The lowest BCUT2D eigenvalue weighted by molar-refractivity contribution is 0.748. The van der Waals surface area contributed by atoms with Crippen LogP contribution in [0.25, 0.3) is 0 Å². The third-order valence-corrected chi connectivity index (χ3v) is 6.51. The number of hydrogen-bond donors (Lipinski definition) is 0. The average Bonchev–Trinajstić information content (AvgIpc) is 2.58. The van der Waals surface area contributed by atoms with Crippen molar-refractivity contribution in [2.75, 3.05) is 0 Å². The number of aromatic nitrogens is 1. The molecule has 5 heteroatoms. The van der Waals surface area contributed by atoms with E-state index < -0.39 is 5.54 Å².